The third-order valence-electron chi connectivity index (χ3n) is 4.46. The molecule has 0 aliphatic rings. The van der Waals surface area contributed by atoms with E-state index in [2.05, 4.69) is 31.4 Å². The molecule has 2 aromatic heterocycles. The van der Waals surface area contributed by atoms with Gasteiger partial charge in [-0.05, 0) is 29.8 Å². The summed E-state index contributed by atoms with van der Waals surface area (Å²) in [6.45, 7) is 0. The minimum atomic E-state index is -1.10. The lowest BCUT2D eigenvalue weighted by Crippen LogP contribution is -2.29. The smallest absolute Gasteiger partial charge is 0.405 e. The van der Waals surface area contributed by atoms with Crippen LogP contribution >= 0.6 is 15.9 Å². The van der Waals surface area contributed by atoms with Gasteiger partial charge in [0.05, 0.1) is 6.04 Å². The number of halogens is 1. The van der Waals surface area contributed by atoms with Crippen molar-refractivity contribution in [3.05, 3.63) is 82.6 Å². The Hall–Kier alpha value is -3.19. The highest BCUT2D eigenvalue weighted by atomic mass is 79.9. The van der Waals surface area contributed by atoms with Crippen molar-refractivity contribution in [2.45, 2.75) is 12.5 Å². The number of hydrogen-bond donors (Lipinski definition) is 2. The fourth-order valence-corrected chi connectivity index (χ4v) is 3.64. The number of nitrogens with one attached hydrogen (secondary N) is 1. The number of hydrogen-bond acceptors (Lipinski definition) is 4. The van der Waals surface area contributed by atoms with Gasteiger partial charge in [-0.25, -0.2) is 4.79 Å². The van der Waals surface area contributed by atoms with Crippen LogP contribution in [0.4, 0.5) is 4.79 Å². The third-order valence-corrected chi connectivity index (χ3v) is 4.95. The maximum Gasteiger partial charge on any atom is 0.405 e. The molecule has 0 saturated carbocycles. The SMILES string of the molecule is O=C(O)NC(Cc1cc(Br)ccn1)c1ccccc1-c1noc2ccccc12. The molecule has 1 amide bonds. The Labute approximate surface area is 169 Å². The zero-order valence-electron chi connectivity index (χ0n) is 14.7. The summed E-state index contributed by atoms with van der Waals surface area (Å²) in [6.07, 6.45) is 0.993. The van der Waals surface area contributed by atoms with E-state index in [9.17, 15) is 9.90 Å². The first-order valence-corrected chi connectivity index (χ1v) is 9.45. The fraction of sp³-hybridized carbons (Fsp3) is 0.0952. The first kappa shape index (κ1) is 18.2. The molecule has 2 N–H and O–H groups in total. The molecule has 4 aromatic rings. The molecule has 7 heteroatoms. The lowest BCUT2D eigenvalue weighted by Gasteiger charge is -2.20. The number of carboxylic acid groups (broad SMARTS) is 1. The van der Waals surface area contributed by atoms with Crippen LogP contribution in [0.5, 0.6) is 0 Å². The Morgan fingerprint density at radius 1 is 1.14 bits per heavy atom. The number of nitrogens with zero attached hydrogens (tertiary/aromatic N) is 2. The minimum Gasteiger partial charge on any atom is -0.465 e. The molecule has 0 aliphatic carbocycles. The molecule has 28 heavy (non-hydrogen) atoms. The van der Waals surface area contributed by atoms with Crippen LogP contribution in [0, 0.1) is 0 Å². The Kier molecular flexibility index (Phi) is 5.08. The molecular formula is C21H16BrN3O3. The summed E-state index contributed by atoms with van der Waals surface area (Å²) >= 11 is 3.43. The molecule has 1 unspecified atom stereocenters. The maximum atomic E-state index is 11.5. The van der Waals surface area contributed by atoms with Crippen molar-refractivity contribution in [1.29, 1.82) is 0 Å². The second kappa shape index (κ2) is 7.82. The van der Waals surface area contributed by atoms with Gasteiger partial charge in [0.15, 0.2) is 5.58 Å². The highest BCUT2D eigenvalue weighted by molar-refractivity contribution is 9.10. The normalized spacial score (nSPS) is 12.0. The summed E-state index contributed by atoms with van der Waals surface area (Å²) < 4.78 is 6.34. The molecule has 0 radical (unpaired) electrons. The van der Waals surface area contributed by atoms with Crippen molar-refractivity contribution >= 4 is 33.0 Å². The molecule has 0 bridgehead atoms. The molecule has 1 atom stereocenters. The Morgan fingerprint density at radius 2 is 1.93 bits per heavy atom. The van der Waals surface area contributed by atoms with Crippen LogP contribution in [0.15, 0.2) is 75.9 Å². The van der Waals surface area contributed by atoms with Crippen molar-refractivity contribution in [3.8, 4) is 11.3 Å². The number of rotatable bonds is 5. The van der Waals surface area contributed by atoms with Gasteiger partial charge in [-0.1, -0.05) is 57.5 Å². The van der Waals surface area contributed by atoms with Gasteiger partial charge in [0, 0.05) is 33.7 Å². The van der Waals surface area contributed by atoms with Gasteiger partial charge >= 0.3 is 6.09 Å². The largest absolute Gasteiger partial charge is 0.465 e. The van der Waals surface area contributed by atoms with Gasteiger partial charge in [-0.2, -0.15) is 0 Å². The van der Waals surface area contributed by atoms with Crippen molar-refractivity contribution in [2.24, 2.45) is 0 Å². The minimum absolute atomic E-state index is 0.401. The quantitative estimate of drug-likeness (QED) is 0.447. The van der Waals surface area contributed by atoms with Crippen LogP contribution in [-0.4, -0.2) is 21.3 Å². The van der Waals surface area contributed by atoms with E-state index in [0.717, 1.165) is 26.7 Å². The molecule has 2 aromatic carbocycles. The molecule has 0 fully saturated rings. The van der Waals surface area contributed by atoms with Crippen molar-refractivity contribution in [1.82, 2.24) is 15.5 Å². The number of carbonyl (C=O) groups is 1. The average Bonchev–Trinajstić information content (AvgIpc) is 3.11. The molecule has 0 saturated heterocycles. The van der Waals surface area contributed by atoms with Crippen LogP contribution in [-0.2, 0) is 6.42 Å². The molecule has 0 aliphatic heterocycles. The number of para-hydroxylation sites is 1. The van der Waals surface area contributed by atoms with E-state index in [1.807, 2.05) is 60.7 Å². The maximum absolute atomic E-state index is 11.5. The van der Waals surface area contributed by atoms with E-state index in [1.54, 1.807) is 6.20 Å². The molecular weight excluding hydrogens is 422 g/mol. The summed E-state index contributed by atoms with van der Waals surface area (Å²) in [4.78, 5) is 15.8. The van der Waals surface area contributed by atoms with E-state index >= 15 is 0 Å². The van der Waals surface area contributed by atoms with Gasteiger partial charge in [0.25, 0.3) is 0 Å². The van der Waals surface area contributed by atoms with Gasteiger partial charge in [-0.15, -0.1) is 0 Å². The van der Waals surface area contributed by atoms with Crippen LogP contribution in [0.2, 0.25) is 0 Å². The van der Waals surface area contributed by atoms with E-state index in [-0.39, 0.29) is 0 Å². The summed E-state index contributed by atoms with van der Waals surface area (Å²) in [5, 5.41) is 17.1. The van der Waals surface area contributed by atoms with Gasteiger partial charge in [-0.3, -0.25) is 4.98 Å². The van der Waals surface area contributed by atoms with Crippen LogP contribution in [0.25, 0.3) is 22.2 Å². The number of fused-ring (bicyclic) bond motifs is 1. The lowest BCUT2D eigenvalue weighted by atomic mass is 9.93. The van der Waals surface area contributed by atoms with Crippen LogP contribution < -0.4 is 5.32 Å². The zero-order chi connectivity index (χ0) is 19.5. The molecule has 140 valence electrons. The second-order valence-electron chi connectivity index (χ2n) is 6.29. The van der Waals surface area contributed by atoms with E-state index in [0.29, 0.717) is 17.7 Å². The Morgan fingerprint density at radius 3 is 2.75 bits per heavy atom. The number of aromatic nitrogens is 2. The van der Waals surface area contributed by atoms with Gasteiger partial charge in [0.2, 0.25) is 0 Å². The third kappa shape index (κ3) is 3.75. The van der Waals surface area contributed by atoms with E-state index in [1.165, 1.54) is 0 Å². The number of pyridine rings is 1. The van der Waals surface area contributed by atoms with Gasteiger partial charge < -0.3 is 14.9 Å². The lowest BCUT2D eigenvalue weighted by molar-refractivity contribution is 0.190. The van der Waals surface area contributed by atoms with Crippen molar-refractivity contribution in [2.75, 3.05) is 0 Å². The Balaban J connectivity index is 1.80. The predicted octanol–water partition coefficient (Wildman–Crippen LogP) is 5.20. The summed E-state index contributed by atoms with van der Waals surface area (Å²) in [7, 11) is 0. The topological polar surface area (TPSA) is 88.2 Å². The molecule has 6 nitrogen and oxygen atoms in total. The highest BCUT2D eigenvalue weighted by Crippen LogP contribution is 2.34. The van der Waals surface area contributed by atoms with Crippen LogP contribution in [0.3, 0.4) is 0 Å². The van der Waals surface area contributed by atoms with E-state index in [4.69, 9.17) is 4.52 Å². The summed E-state index contributed by atoms with van der Waals surface area (Å²) in [5.41, 5.74) is 3.77. The first-order valence-electron chi connectivity index (χ1n) is 8.65. The summed E-state index contributed by atoms with van der Waals surface area (Å²) in [6, 6.07) is 18.4. The standard InChI is InChI=1S/C21H16BrN3O3/c22-13-9-10-23-14(11-13)12-18(24-21(26)27)15-5-1-2-6-16(15)20-17-7-3-4-8-19(17)28-25-20/h1-11,18,24H,12H2,(H,26,27). The van der Waals surface area contributed by atoms with E-state index < -0.39 is 12.1 Å². The average molecular weight is 438 g/mol. The second-order valence-corrected chi connectivity index (χ2v) is 7.20. The summed E-state index contributed by atoms with van der Waals surface area (Å²) in [5.74, 6) is 0. The van der Waals surface area contributed by atoms with Crippen LogP contribution in [0.1, 0.15) is 17.3 Å². The molecule has 2 heterocycles. The molecule has 4 rings (SSSR count). The first-order chi connectivity index (χ1) is 13.6. The number of amides is 1. The van der Waals surface area contributed by atoms with Crippen molar-refractivity contribution < 1.29 is 14.4 Å². The Bertz CT molecular complexity index is 1140. The fourth-order valence-electron chi connectivity index (χ4n) is 3.25. The molecule has 0 spiro atoms. The van der Waals surface area contributed by atoms with Gasteiger partial charge in [0.1, 0.15) is 5.69 Å². The predicted molar refractivity (Wildman–Crippen MR) is 109 cm³/mol. The number of benzene rings is 2. The zero-order valence-corrected chi connectivity index (χ0v) is 16.3. The van der Waals surface area contributed by atoms with Crippen molar-refractivity contribution in [3.63, 3.8) is 0 Å². The monoisotopic (exact) mass is 437 g/mol. The highest BCUT2D eigenvalue weighted by Gasteiger charge is 2.22.